The number of amides is 1. The van der Waals surface area contributed by atoms with E-state index in [0.717, 1.165) is 11.1 Å². The smallest absolute Gasteiger partial charge is 0.257 e. The second-order valence-corrected chi connectivity index (χ2v) is 6.51. The minimum absolute atomic E-state index is 0.0287. The van der Waals surface area contributed by atoms with Crippen molar-refractivity contribution in [2.75, 3.05) is 7.05 Å². The molecule has 2 aliphatic heterocycles. The Kier molecular flexibility index (Phi) is 3.89. The van der Waals surface area contributed by atoms with E-state index in [9.17, 15) is 4.79 Å². The summed E-state index contributed by atoms with van der Waals surface area (Å²) >= 11 is 5.35. The van der Waals surface area contributed by atoms with Crippen molar-refractivity contribution in [1.82, 2.24) is 20.9 Å². The first-order chi connectivity index (χ1) is 12.1. The van der Waals surface area contributed by atoms with E-state index in [1.54, 1.807) is 4.90 Å². The van der Waals surface area contributed by atoms with E-state index in [0.29, 0.717) is 16.5 Å². The average molecular weight is 350 g/mol. The van der Waals surface area contributed by atoms with Crippen LogP contribution in [0.2, 0.25) is 0 Å². The quantitative estimate of drug-likeness (QED) is 0.725. The van der Waals surface area contributed by atoms with Gasteiger partial charge in [-0.2, -0.15) is 0 Å². The molecule has 2 aromatic rings. The van der Waals surface area contributed by atoms with Crippen molar-refractivity contribution in [2.24, 2.45) is 0 Å². The third-order valence-electron chi connectivity index (χ3n) is 4.54. The van der Waals surface area contributed by atoms with Crippen molar-refractivity contribution < 1.29 is 4.79 Å². The molecular formula is C19H18N4OS. The van der Waals surface area contributed by atoms with Gasteiger partial charge >= 0.3 is 0 Å². The maximum Gasteiger partial charge on any atom is 0.257 e. The van der Waals surface area contributed by atoms with Gasteiger partial charge in [-0.1, -0.05) is 60.7 Å². The Balaban J connectivity index is 1.77. The molecule has 6 heteroatoms. The Bertz CT molecular complexity index is 850. The average Bonchev–Trinajstić information content (AvgIpc) is 2.65. The molecule has 3 N–H and O–H groups in total. The lowest BCUT2D eigenvalue weighted by Crippen LogP contribution is -2.56. The topological polar surface area (TPSA) is 56.4 Å². The van der Waals surface area contributed by atoms with Gasteiger partial charge in [0.25, 0.3) is 5.91 Å². The van der Waals surface area contributed by atoms with Gasteiger partial charge in [-0.3, -0.25) is 4.79 Å². The number of nitrogens with zero attached hydrogens (tertiary/aromatic N) is 1. The van der Waals surface area contributed by atoms with Crippen LogP contribution in [-0.2, 0) is 4.79 Å². The fourth-order valence-electron chi connectivity index (χ4n) is 3.29. The van der Waals surface area contributed by atoms with Crippen LogP contribution in [0.5, 0.6) is 0 Å². The number of nitrogens with one attached hydrogen (secondary N) is 3. The fourth-order valence-corrected chi connectivity index (χ4v) is 3.51. The Morgan fingerprint density at radius 3 is 2.16 bits per heavy atom. The lowest BCUT2D eigenvalue weighted by Gasteiger charge is -2.42. The summed E-state index contributed by atoms with van der Waals surface area (Å²) < 4.78 is 0. The first-order valence-corrected chi connectivity index (χ1v) is 8.51. The maximum absolute atomic E-state index is 13.1. The molecule has 2 heterocycles. The number of likely N-dealkylation sites (N-methyl/N-ethyl adjacent to an activating group) is 1. The van der Waals surface area contributed by atoms with Crippen molar-refractivity contribution >= 4 is 23.2 Å². The van der Waals surface area contributed by atoms with Gasteiger partial charge in [0.15, 0.2) is 5.11 Å². The van der Waals surface area contributed by atoms with Crippen molar-refractivity contribution in [3.05, 3.63) is 83.2 Å². The van der Waals surface area contributed by atoms with E-state index in [1.165, 1.54) is 0 Å². The molecule has 126 valence electrons. The number of thiocarbonyl (C=S) groups is 1. The molecule has 0 bridgehead atoms. The summed E-state index contributed by atoms with van der Waals surface area (Å²) in [5, 5.41) is 10.3. The number of benzene rings is 2. The molecule has 0 unspecified atom stereocenters. The van der Waals surface area contributed by atoms with Crippen molar-refractivity contribution in [2.45, 2.75) is 12.2 Å². The molecule has 2 aromatic carbocycles. The van der Waals surface area contributed by atoms with Gasteiger partial charge in [-0.05, 0) is 23.3 Å². The zero-order chi connectivity index (χ0) is 17.4. The third-order valence-corrected chi connectivity index (χ3v) is 4.76. The summed E-state index contributed by atoms with van der Waals surface area (Å²) in [6.45, 7) is 0. The molecule has 2 aliphatic rings. The highest BCUT2D eigenvalue weighted by Gasteiger charge is 2.39. The number of rotatable bonds is 2. The predicted octanol–water partition coefficient (Wildman–Crippen LogP) is 2.18. The maximum atomic E-state index is 13.1. The highest BCUT2D eigenvalue weighted by Crippen LogP contribution is 2.33. The Morgan fingerprint density at radius 1 is 0.920 bits per heavy atom. The standard InChI is InChI=1S/C19H18N4OS/c1-23-17(13-10-6-3-7-11-13)21-16-14(18(23)24)15(20-19(25)22-16)12-8-4-2-5-9-12/h2-11,15,17,21H,1H3,(H2,20,22,25)/t15-,17-/m0/s1. The van der Waals surface area contributed by atoms with Crippen LogP contribution in [0.4, 0.5) is 0 Å². The summed E-state index contributed by atoms with van der Waals surface area (Å²) in [5.74, 6) is 0.647. The summed E-state index contributed by atoms with van der Waals surface area (Å²) in [6, 6.07) is 19.5. The number of carbonyl (C=O) groups excluding carboxylic acids is 1. The minimum atomic E-state index is -0.274. The minimum Gasteiger partial charge on any atom is -0.351 e. The lowest BCUT2D eigenvalue weighted by molar-refractivity contribution is -0.130. The summed E-state index contributed by atoms with van der Waals surface area (Å²) in [4.78, 5) is 14.9. The first-order valence-electron chi connectivity index (χ1n) is 8.10. The highest BCUT2D eigenvalue weighted by atomic mass is 32.1. The van der Waals surface area contributed by atoms with Crippen molar-refractivity contribution in [3.63, 3.8) is 0 Å². The Labute approximate surface area is 151 Å². The van der Waals surface area contributed by atoms with Crippen LogP contribution >= 0.6 is 12.2 Å². The van der Waals surface area contributed by atoms with E-state index in [2.05, 4.69) is 16.0 Å². The van der Waals surface area contributed by atoms with Crippen LogP contribution in [-0.4, -0.2) is 23.0 Å². The highest BCUT2D eigenvalue weighted by molar-refractivity contribution is 7.80. The SMILES string of the molecule is CN1C(=O)C2=C(NC(=S)N[C@H]2c2ccccc2)N[C@@H]1c1ccccc1. The first kappa shape index (κ1) is 15.7. The predicted molar refractivity (Wildman–Crippen MR) is 100 cm³/mol. The molecular weight excluding hydrogens is 332 g/mol. The zero-order valence-corrected chi connectivity index (χ0v) is 14.5. The fraction of sp³-hybridized carbons (Fsp3) is 0.158. The Morgan fingerprint density at radius 2 is 1.52 bits per heavy atom. The molecule has 0 fully saturated rings. The molecule has 5 nitrogen and oxygen atoms in total. The van der Waals surface area contributed by atoms with Gasteiger partial charge in [0.2, 0.25) is 0 Å². The van der Waals surface area contributed by atoms with Gasteiger partial charge in [0, 0.05) is 7.05 Å². The molecule has 4 rings (SSSR count). The number of hydrogen-bond donors (Lipinski definition) is 3. The van der Waals surface area contributed by atoms with Gasteiger partial charge in [-0.25, -0.2) is 0 Å². The van der Waals surface area contributed by atoms with E-state index in [4.69, 9.17) is 12.2 Å². The van der Waals surface area contributed by atoms with Gasteiger partial charge in [0.1, 0.15) is 12.0 Å². The number of hydrogen-bond acceptors (Lipinski definition) is 3. The monoisotopic (exact) mass is 350 g/mol. The molecule has 0 spiro atoms. The van der Waals surface area contributed by atoms with Crippen LogP contribution in [0.1, 0.15) is 23.3 Å². The van der Waals surface area contributed by atoms with Crippen LogP contribution in [0.3, 0.4) is 0 Å². The second kappa shape index (κ2) is 6.22. The molecule has 0 saturated heterocycles. The van der Waals surface area contributed by atoms with E-state index >= 15 is 0 Å². The van der Waals surface area contributed by atoms with Crippen molar-refractivity contribution in [1.29, 1.82) is 0 Å². The largest absolute Gasteiger partial charge is 0.351 e. The second-order valence-electron chi connectivity index (χ2n) is 6.10. The normalized spacial score (nSPS) is 22.7. The third kappa shape index (κ3) is 2.74. The Hall–Kier alpha value is -2.86. The van der Waals surface area contributed by atoms with Crippen LogP contribution < -0.4 is 16.0 Å². The van der Waals surface area contributed by atoms with Crippen molar-refractivity contribution in [3.8, 4) is 0 Å². The van der Waals surface area contributed by atoms with Gasteiger partial charge in [-0.15, -0.1) is 0 Å². The van der Waals surface area contributed by atoms with E-state index < -0.39 is 0 Å². The van der Waals surface area contributed by atoms with Gasteiger partial charge in [0.05, 0.1) is 11.6 Å². The van der Waals surface area contributed by atoms with Gasteiger partial charge < -0.3 is 20.9 Å². The van der Waals surface area contributed by atoms with Crippen LogP contribution in [0.25, 0.3) is 0 Å². The van der Waals surface area contributed by atoms with Crippen LogP contribution in [0, 0.1) is 0 Å². The lowest BCUT2D eigenvalue weighted by atomic mass is 9.94. The molecule has 0 aliphatic carbocycles. The zero-order valence-electron chi connectivity index (χ0n) is 13.7. The van der Waals surface area contributed by atoms with E-state index in [1.807, 2.05) is 67.7 Å². The molecule has 25 heavy (non-hydrogen) atoms. The van der Waals surface area contributed by atoms with E-state index in [-0.39, 0.29) is 18.1 Å². The summed E-state index contributed by atoms with van der Waals surface area (Å²) in [6.07, 6.45) is -0.239. The molecule has 2 atom stereocenters. The number of carbonyl (C=O) groups is 1. The van der Waals surface area contributed by atoms with Crippen LogP contribution in [0.15, 0.2) is 72.1 Å². The molecule has 1 amide bonds. The molecule has 0 aromatic heterocycles. The molecule has 0 saturated carbocycles. The molecule has 0 radical (unpaired) electrons. The summed E-state index contributed by atoms with van der Waals surface area (Å²) in [5.41, 5.74) is 2.67. The summed E-state index contributed by atoms with van der Waals surface area (Å²) in [7, 11) is 1.81.